The first-order valence-corrected chi connectivity index (χ1v) is 14.1. The minimum Gasteiger partial charge on any atom is -0.445 e. The van der Waals surface area contributed by atoms with Gasteiger partial charge in [0.25, 0.3) is 11.4 Å². The SMILES string of the molecule is O=C(CNC(=O)OCc1ccc([N+](=O)[O-])cc1)N[C@H]1CCN(C(=O)[C@@H]2C[C@H](S)CN2C(=O)OCc2ccc([N+](=O)[O-])cc2)C1. The van der Waals surface area contributed by atoms with E-state index >= 15 is 0 Å². The van der Waals surface area contributed by atoms with Crippen LogP contribution in [0.3, 0.4) is 0 Å². The van der Waals surface area contributed by atoms with Gasteiger partial charge in [-0.1, -0.05) is 0 Å². The topological polar surface area (TPSA) is 204 Å². The molecule has 2 aromatic rings. The standard InChI is InChI=1S/C27H30N6O10S/c34-24(12-28-26(36)42-15-17-1-5-20(6-2-17)32(38)39)29-19-9-10-30(13-19)25(35)23-11-22(44)14-31(23)27(37)43-16-18-3-7-21(8-4-18)33(40)41/h1-8,19,22-23,44H,9-16H2,(H,28,36)(H,29,34)/t19-,22-,23-/m0/s1. The fourth-order valence-corrected chi connectivity index (χ4v) is 5.20. The summed E-state index contributed by atoms with van der Waals surface area (Å²) < 4.78 is 10.4. The number of non-ortho nitro benzene ring substituents is 2. The molecule has 16 nitrogen and oxygen atoms in total. The quantitative estimate of drug-likeness (QED) is 0.198. The number of benzene rings is 2. The normalized spacial score (nSPS) is 19.2. The van der Waals surface area contributed by atoms with Crippen molar-refractivity contribution in [1.29, 1.82) is 0 Å². The van der Waals surface area contributed by atoms with E-state index in [0.717, 1.165) is 0 Å². The highest BCUT2D eigenvalue weighted by atomic mass is 32.1. The third kappa shape index (κ3) is 8.56. The zero-order chi connectivity index (χ0) is 31.8. The molecule has 0 radical (unpaired) electrons. The van der Waals surface area contributed by atoms with Crippen molar-refractivity contribution in [2.45, 2.75) is 43.4 Å². The van der Waals surface area contributed by atoms with Crippen LogP contribution in [-0.4, -0.2) is 87.2 Å². The van der Waals surface area contributed by atoms with Gasteiger partial charge in [-0.2, -0.15) is 12.6 Å². The molecule has 2 aromatic carbocycles. The number of thiol groups is 1. The predicted molar refractivity (Wildman–Crippen MR) is 156 cm³/mol. The Hall–Kier alpha value is -4.93. The third-order valence-electron chi connectivity index (χ3n) is 7.08. The Labute approximate surface area is 256 Å². The molecule has 0 aliphatic carbocycles. The summed E-state index contributed by atoms with van der Waals surface area (Å²) >= 11 is 4.45. The lowest BCUT2D eigenvalue weighted by Crippen LogP contribution is -2.48. The molecule has 0 unspecified atom stereocenters. The van der Waals surface area contributed by atoms with E-state index < -0.39 is 34.0 Å². The van der Waals surface area contributed by atoms with E-state index in [2.05, 4.69) is 23.3 Å². The number of nitrogens with one attached hydrogen (secondary N) is 2. The number of hydrogen-bond acceptors (Lipinski definition) is 11. The number of nitrogens with zero attached hydrogens (tertiary/aromatic N) is 4. The van der Waals surface area contributed by atoms with Crippen molar-refractivity contribution in [3.63, 3.8) is 0 Å². The van der Waals surface area contributed by atoms with Crippen LogP contribution < -0.4 is 10.6 Å². The van der Waals surface area contributed by atoms with Gasteiger partial charge in [0.15, 0.2) is 0 Å². The summed E-state index contributed by atoms with van der Waals surface area (Å²) in [7, 11) is 0. The first kappa shape index (κ1) is 32.0. The van der Waals surface area contributed by atoms with Crippen LogP contribution in [0.25, 0.3) is 0 Å². The number of hydrogen-bond donors (Lipinski definition) is 3. The molecule has 44 heavy (non-hydrogen) atoms. The van der Waals surface area contributed by atoms with Gasteiger partial charge in [-0.3, -0.25) is 34.7 Å². The number of carbonyl (C=O) groups excluding carboxylic acids is 4. The van der Waals surface area contributed by atoms with E-state index in [4.69, 9.17) is 9.47 Å². The maximum atomic E-state index is 13.3. The summed E-state index contributed by atoms with van der Waals surface area (Å²) in [6, 6.07) is 9.93. The van der Waals surface area contributed by atoms with Gasteiger partial charge in [0.1, 0.15) is 25.8 Å². The molecule has 0 spiro atoms. The van der Waals surface area contributed by atoms with Gasteiger partial charge in [0, 0.05) is 55.2 Å². The molecule has 17 heteroatoms. The summed E-state index contributed by atoms with van der Waals surface area (Å²) in [6.45, 7) is 0.159. The van der Waals surface area contributed by atoms with Crippen LogP contribution in [0, 0.1) is 20.2 Å². The molecule has 2 fully saturated rings. The summed E-state index contributed by atoms with van der Waals surface area (Å²) in [4.78, 5) is 73.8. The molecule has 0 saturated carbocycles. The van der Waals surface area contributed by atoms with Crippen LogP contribution in [0.2, 0.25) is 0 Å². The van der Waals surface area contributed by atoms with Crippen LogP contribution in [0.5, 0.6) is 0 Å². The summed E-state index contributed by atoms with van der Waals surface area (Å²) in [6.07, 6.45) is -0.740. The Morgan fingerprint density at radius 3 is 2.02 bits per heavy atom. The molecule has 0 bridgehead atoms. The fourth-order valence-electron chi connectivity index (χ4n) is 4.83. The molecule has 2 saturated heterocycles. The van der Waals surface area contributed by atoms with Crippen LogP contribution in [0.15, 0.2) is 48.5 Å². The summed E-state index contributed by atoms with van der Waals surface area (Å²) in [5.74, 6) is -0.775. The molecule has 4 rings (SSSR count). The molecule has 2 aliphatic rings. The van der Waals surface area contributed by atoms with E-state index in [0.29, 0.717) is 30.5 Å². The molecule has 4 amide bonds. The van der Waals surface area contributed by atoms with E-state index in [1.165, 1.54) is 53.4 Å². The number of alkyl carbamates (subject to hydrolysis) is 1. The van der Waals surface area contributed by atoms with Gasteiger partial charge in [0.05, 0.1) is 9.85 Å². The molecule has 2 aliphatic heterocycles. The smallest absolute Gasteiger partial charge is 0.410 e. The van der Waals surface area contributed by atoms with Crippen molar-refractivity contribution in [2.24, 2.45) is 0 Å². The number of amides is 4. The van der Waals surface area contributed by atoms with Crippen molar-refractivity contribution < 1.29 is 38.5 Å². The van der Waals surface area contributed by atoms with Crippen molar-refractivity contribution in [3.8, 4) is 0 Å². The molecule has 3 atom stereocenters. The first-order chi connectivity index (χ1) is 21.0. The molecule has 2 N–H and O–H groups in total. The predicted octanol–water partition coefficient (Wildman–Crippen LogP) is 2.16. The highest BCUT2D eigenvalue weighted by molar-refractivity contribution is 7.81. The van der Waals surface area contributed by atoms with Gasteiger partial charge in [-0.15, -0.1) is 0 Å². The Balaban J connectivity index is 1.19. The molecular weight excluding hydrogens is 600 g/mol. The monoisotopic (exact) mass is 630 g/mol. The number of nitro groups is 2. The van der Waals surface area contributed by atoms with Crippen LogP contribution >= 0.6 is 12.6 Å². The van der Waals surface area contributed by atoms with Crippen LogP contribution in [-0.2, 0) is 32.3 Å². The van der Waals surface area contributed by atoms with Gasteiger partial charge < -0.3 is 25.0 Å². The largest absolute Gasteiger partial charge is 0.445 e. The molecular formula is C27H30N6O10S. The first-order valence-electron chi connectivity index (χ1n) is 13.6. The second-order valence-electron chi connectivity index (χ2n) is 10.2. The van der Waals surface area contributed by atoms with E-state index in [1.807, 2.05) is 0 Å². The number of ether oxygens (including phenoxy) is 2. The Morgan fingerprint density at radius 1 is 0.886 bits per heavy atom. The minimum atomic E-state index is -0.843. The highest BCUT2D eigenvalue weighted by Crippen LogP contribution is 2.26. The van der Waals surface area contributed by atoms with Crippen molar-refractivity contribution in [2.75, 3.05) is 26.2 Å². The maximum Gasteiger partial charge on any atom is 0.410 e. The van der Waals surface area contributed by atoms with E-state index in [-0.39, 0.29) is 61.4 Å². The lowest BCUT2D eigenvalue weighted by molar-refractivity contribution is -0.385. The maximum absolute atomic E-state index is 13.3. The Morgan fingerprint density at radius 2 is 1.45 bits per heavy atom. The average Bonchev–Trinajstić information content (AvgIpc) is 3.64. The molecule has 2 heterocycles. The van der Waals surface area contributed by atoms with Crippen molar-refractivity contribution in [3.05, 3.63) is 79.9 Å². The van der Waals surface area contributed by atoms with Crippen LogP contribution in [0.4, 0.5) is 21.0 Å². The Bertz CT molecular complexity index is 1410. The lowest BCUT2D eigenvalue weighted by Gasteiger charge is -2.27. The number of carbonyl (C=O) groups is 4. The summed E-state index contributed by atoms with van der Waals surface area (Å²) in [5, 5.41) is 26.4. The lowest BCUT2D eigenvalue weighted by atomic mass is 10.2. The van der Waals surface area contributed by atoms with Gasteiger partial charge >= 0.3 is 12.2 Å². The third-order valence-corrected chi connectivity index (χ3v) is 7.46. The zero-order valence-corrected chi connectivity index (χ0v) is 24.2. The van der Waals surface area contributed by atoms with Crippen molar-refractivity contribution >= 4 is 48.0 Å². The number of nitro benzene ring substituents is 2. The van der Waals surface area contributed by atoms with Gasteiger partial charge in [0.2, 0.25) is 11.8 Å². The van der Waals surface area contributed by atoms with Gasteiger partial charge in [-0.25, -0.2) is 9.59 Å². The second kappa shape index (κ2) is 14.5. The number of rotatable bonds is 10. The Kier molecular flexibility index (Phi) is 10.5. The average molecular weight is 631 g/mol. The molecule has 0 aromatic heterocycles. The summed E-state index contributed by atoms with van der Waals surface area (Å²) in [5.41, 5.74) is 0.916. The minimum absolute atomic E-state index is 0.0843. The number of likely N-dealkylation sites (tertiary alicyclic amines) is 2. The fraction of sp³-hybridized carbons (Fsp3) is 0.407. The second-order valence-corrected chi connectivity index (χ2v) is 11.0. The highest BCUT2D eigenvalue weighted by Gasteiger charge is 2.42. The van der Waals surface area contributed by atoms with Crippen LogP contribution in [0.1, 0.15) is 24.0 Å². The van der Waals surface area contributed by atoms with Crippen molar-refractivity contribution in [1.82, 2.24) is 20.4 Å². The zero-order valence-electron chi connectivity index (χ0n) is 23.3. The van der Waals surface area contributed by atoms with E-state index in [9.17, 15) is 39.4 Å². The van der Waals surface area contributed by atoms with E-state index in [1.54, 1.807) is 4.90 Å². The van der Waals surface area contributed by atoms with Gasteiger partial charge in [-0.05, 0) is 48.2 Å². The molecule has 234 valence electrons.